The number of unbranched alkanes of at least 4 members (excludes halogenated alkanes) is 1. The molecule has 77 heavy (non-hydrogen) atoms. The molecule has 1 aromatic heterocycles. The average Bonchev–Trinajstić information content (AvgIpc) is 4.04. The Bertz CT molecular complexity index is 2810. The van der Waals surface area contributed by atoms with Crippen LogP contribution in [0, 0.1) is 5.92 Å². The van der Waals surface area contributed by atoms with E-state index >= 15 is 0 Å². The maximum absolute atomic E-state index is 14.9. The maximum atomic E-state index is 14.9. The third kappa shape index (κ3) is 14.8. The number of ether oxygens (including phenoxy) is 1. The first-order chi connectivity index (χ1) is 36.8. The summed E-state index contributed by atoms with van der Waals surface area (Å²) in [6.45, 7) is 10.7. The van der Waals surface area contributed by atoms with Gasteiger partial charge in [0.1, 0.15) is 29.3 Å². The van der Waals surface area contributed by atoms with Gasteiger partial charge in [-0.3, -0.25) is 33.3 Å². The molecule has 19 heteroatoms. The van der Waals surface area contributed by atoms with Crippen LogP contribution in [0.2, 0.25) is 0 Å². The van der Waals surface area contributed by atoms with E-state index in [4.69, 9.17) is 10.5 Å². The first-order valence-corrected chi connectivity index (χ1v) is 26.3. The molecule has 0 bridgehead atoms. The number of hydrogen-bond acceptors (Lipinski definition) is 11. The summed E-state index contributed by atoms with van der Waals surface area (Å²) < 4.78 is 7.04. The Morgan fingerprint density at radius 3 is 1.94 bits per heavy atom. The van der Waals surface area contributed by atoms with Crippen LogP contribution in [0.15, 0.2) is 127 Å². The van der Waals surface area contributed by atoms with Gasteiger partial charge in [0, 0.05) is 29.5 Å². The SMILES string of the molecule is CC[C@H](C)[C@H](NC(=O)[C@@H](N)CC(=O)NC(c1ccccc1)(c1ccccc1)c1ccccc1)C(=O)N1C[C@@H](N=[N+]=[N-])C[C@H]1C(=O)N[C@@H](Cc1cn(C(=O)OC(C)(C)C)c2ccccc12)C(=O)N[C@@H](CCCCNC)C(C)=O. The number of aromatic nitrogens is 1. The Labute approximate surface area is 450 Å². The summed E-state index contributed by atoms with van der Waals surface area (Å²) in [7, 11) is 1.82. The van der Waals surface area contributed by atoms with Crippen LogP contribution in [0.25, 0.3) is 21.3 Å². The molecular weight excluding hydrogens is 979 g/mol. The standard InChI is InChI=1S/C58H73N11O8/c1-8-37(2)51(64-52(72)45(59)34-50(71)65-58(40-22-12-9-13-23-40,41-24-14-10-15-25-41)42-26-16-11-17-27-42)55(75)68-36-43(66-67-60)33-49(68)54(74)63-47(53(73)62-46(38(3)70)29-20-21-31-61-7)32-39-35-69(56(76)77-57(4,5)6)48-30-19-18-28-44(39)48/h9-19,22-28,30,35,37,43,45-47,49,51,61H,8,20-21,29,31-34,36,59H2,1-7H3,(H,62,73)(H,63,74)(H,64,72)(H,65,71)/t37-,43-,45-,46-,47-,49-,51-/m0/s1. The van der Waals surface area contributed by atoms with Crippen LogP contribution in [0.4, 0.5) is 4.79 Å². The van der Waals surface area contributed by atoms with Crippen LogP contribution in [-0.4, -0.2) is 113 Å². The molecular formula is C58H73N11O8. The van der Waals surface area contributed by atoms with Crippen molar-refractivity contribution >= 4 is 52.3 Å². The van der Waals surface area contributed by atoms with Crippen molar-refractivity contribution in [2.75, 3.05) is 20.1 Å². The molecule has 1 fully saturated rings. The zero-order chi connectivity index (χ0) is 55.9. The Kier molecular flexibility index (Phi) is 20.3. The number of ketones is 1. The Balaban J connectivity index is 1.27. The van der Waals surface area contributed by atoms with Crippen molar-refractivity contribution in [3.05, 3.63) is 154 Å². The Morgan fingerprint density at radius 1 is 0.805 bits per heavy atom. The van der Waals surface area contributed by atoms with Crippen molar-refractivity contribution in [3.8, 4) is 0 Å². The quantitative estimate of drug-likeness (QED) is 0.0127. The molecule has 0 radical (unpaired) electrons. The maximum Gasteiger partial charge on any atom is 0.419 e. The monoisotopic (exact) mass is 1050 g/mol. The molecule has 0 aliphatic carbocycles. The zero-order valence-electron chi connectivity index (χ0n) is 45.0. The van der Waals surface area contributed by atoms with Gasteiger partial charge in [-0.05, 0) is 107 Å². The van der Waals surface area contributed by atoms with Crippen molar-refractivity contribution in [2.45, 2.75) is 134 Å². The Hall–Kier alpha value is -7.86. The molecule has 2 heterocycles. The van der Waals surface area contributed by atoms with Gasteiger partial charge in [-0.1, -0.05) is 135 Å². The second-order valence-corrected chi connectivity index (χ2v) is 20.7. The van der Waals surface area contributed by atoms with Gasteiger partial charge in [-0.2, -0.15) is 0 Å². The number of nitrogens with zero attached hydrogens (tertiary/aromatic N) is 5. The van der Waals surface area contributed by atoms with Crippen molar-refractivity contribution in [1.82, 2.24) is 36.1 Å². The molecule has 0 saturated carbocycles. The van der Waals surface area contributed by atoms with E-state index in [1.165, 1.54) is 16.4 Å². The van der Waals surface area contributed by atoms with E-state index in [-0.39, 0.29) is 25.2 Å². The minimum atomic E-state index is -1.43. The normalized spacial score (nSPS) is 16.4. The highest BCUT2D eigenvalue weighted by Gasteiger charge is 2.45. The van der Waals surface area contributed by atoms with Crippen LogP contribution >= 0.6 is 0 Å². The number of Topliss-reactive ketones (excluding diaryl/α,β-unsaturated/α-hetero) is 1. The highest BCUT2D eigenvalue weighted by Crippen LogP contribution is 2.37. The highest BCUT2D eigenvalue weighted by atomic mass is 16.6. The van der Waals surface area contributed by atoms with E-state index in [0.29, 0.717) is 42.3 Å². The minimum absolute atomic E-state index is 0.123. The van der Waals surface area contributed by atoms with Crippen molar-refractivity contribution in [1.29, 1.82) is 0 Å². The van der Waals surface area contributed by atoms with Crippen molar-refractivity contribution < 1.29 is 38.3 Å². The minimum Gasteiger partial charge on any atom is -0.443 e. The van der Waals surface area contributed by atoms with E-state index in [1.807, 2.05) is 105 Å². The second kappa shape index (κ2) is 26.8. The molecule has 0 spiro atoms. The molecule has 1 aliphatic heterocycles. The van der Waals surface area contributed by atoms with Gasteiger partial charge >= 0.3 is 6.09 Å². The fourth-order valence-corrected chi connectivity index (χ4v) is 9.79. The van der Waals surface area contributed by atoms with Crippen LogP contribution in [0.1, 0.15) is 102 Å². The van der Waals surface area contributed by atoms with Gasteiger partial charge in [-0.15, -0.1) is 0 Å². The lowest BCUT2D eigenvalue weighted by Crippen LogP contribution is -2.59. The van der Waals surface area contributed by atoms with Gasteiger partial charge in [0.25, 0.3) is 0 Å². The largest absolute Gasteiger partial charge is 0.443 e. The summed E-state index contributed by atoms with van der Waals surface area (Å²) in [5.74, 6) is -4.24. The summed E-state index contributed by atoms with van der Waals surface area (Å²) in [6.07, 6.45) is 2.26. The van der Waals surface area contributed by atoms with Crippen LogP contribution < -0.4 is 32.3 Å². The average molecular weight is 1050 g/mol. The number of hydrogen-bond donors (Lipinski definition) is 6. The molecule has 5 aromatic rings. The number of carbonyl (C=O) groups is 7. The number of nitrogens with one attached hydrogen (secondary N) is 5. The molecule has 1 aliphatic rings. The number of likely N-dealkylation sites (tertiary alicyclic amines) is 1. The lowest BCUT2D eigenvalue weighted by Gasteiger charge is -2.37. The number of amides is 5. The molecule has 7 N–H and O–H groups in total. The zero-order valence-corrected chi connectivity index (χ0v) is 45.0. The summed E-state index contributed by atoms with van der Waals surface area (Å²) in [5.41, 5.74) is 17.4. The van der Waals surface area contributed by atoms with Gasteiger partial charge in [0.05, 0.1) is 30.1 Å². The summed E-state index contributed by atoms with van der Waals surface area (Å²) in [6, 6.07) is 28.3. The number of nitrogens with two attached hydrogens (primary N) is 1. The van der Waals surface area contributed by atoms with E-state index in [0.717, 1.165) is 23.1 Å². The van der Waals surface area contributed by atoms with Gasteiger partial charge in [-0.25, -0.2) is 4.79 Å². The number of para-hydroxylation sites is 1. The van der Waals surface area contributed by atoms with E-state index in [1.54, 1.807) is 58.2 Å². The first-order valence-electron chi connectivity index (χ1n) is 26.3. The molecule has 0 unspecified atom stereocenters. The van der Waals surface area contributed by atoms with E-state index < -0.39 is 95.4 Å². The second-order valence-electron chi connectivity index (χ2n) is 20.7. The molecule has 19 nitrogen and oxygen atoms in total. The molecule has 7 atom stereocenters. The number of fused-ring (bicyclic) bond motifs is 1. The van der Waals surface area contributed by atoms with Crippen LogP contribution in [0.5, 0.6) is 0 Å². The molecule has 6 rings (SSSR count). The molecule has 408 valence electrons. The predicted octanol–water partition coefficient (Wildman–Crippen LogP) is 6.55. The van der Waals surface area contributed by atoms with Gasteiger partial charge in [0.2, 0.25) is 29.5 Å². The fourth-order valence-electron chi connectivity index (χ4n) is 9.79. The Morgan fingerprint density at radius 2 is 1.39 bits per heavy atom. The number of benzene rings is 4. The van der Waals surface area contributed by atoms with Crippen LogP contribution in [-0.2, 0) is 45.5 Å². The van der Waals surface area contributed by atoms with Crippen molar-refractivity contribution in [2.24, 2.45) is 16.8 Å². The highest BCUT2D eigenvalue weighted by molar-refractivity contribution is 5.98. The molecule has 1 saturated heterocycles. The molecule has 4 aromatic carbocycles. The smallest absolute Gasteiger partial charge is 0.419 e. The topological polar surface area (TPSA) is 272 Å². The van der Waals surface area contributed by atoms with Crippen molar-refractivity contribution in [3.63, 3.8) is 0 Å². The van der Waals surface area contributed by atoms with Crippen LogP contribution in [0.3, 0.4) is 0 Å². The number of rotatable bonds is 24. The number of azide groups is 1. The predicted molar refractivity (Wildman–Crippen MR) is 294 cm³/mol. The molecule has 5 amide bonds. The van der Waals surface area contributed by atoms with Gasteiger partial charge < -0.3 is 42.0 Å². The van der Waals surface area contributed by atoms with E-state index in [2.05, 4.69) is 36.6 Å². The lowest BCUT2D eigenvalue weighted by atomic mass is 9.77. The third-order valence-electron chi connectivity index (χ3n) is 14.0. The van der Waals surface area contributed by atoms with E-state index in [9.17, 15) is 39.1 Å². The first kappa shape index (κ1) is 58.4. The summed E-state index contributed by atoms with van der Waals surface area (Å²) in [4.78, 5) is 103. The fraction of sp³-hybridized carbons (Fsp3) is 0.431. The lowest BCUT2D eigenvalue weighted by molar-refractivity contribution is -0.143. The summed E-state index contributed by atoms with van der Waals surface area (Å²) in [5, 5.41) is 19.3. The van der Waals surface area contributed by atoms with Gasteiger partial charge in [0.15, 0.2) is 5.78 Å². The summed E-state index contributed by atoms with van der Waals surface area (Å²) >= 11 is 0. The number of carbonyl (C=O) groups excluding carboxylic acids is 7. The third-order valence-corrected chi connectivity index (χ3v) is 14.0.